The van der Waals surface area contributed by atoms with Gasteiger partial charge in [-0.05, 0) is 50.2 Å². The largest absolute Gasteiger partial charge is 0.497 e. The molecule has 0 bridgehead atoms. The van der Waals surface area contributed by atoms with Gasteiger partial charge in [0.2, 0.25) is 15.9 Å². The van der Waals surface area contributed by atoms with Crippen LogP contribution in [0.25, 0.3) is 0 Å². The van der Waals surface area contributed by atoms with E-state index in [2.05, 4.69) is 5.32 Å². The Morgan fingerprint density at radius 3 is 2.16 bits per heavy atom. The molecule has 0 aromatic heterocycles. The monoisotopic (exact) mass is 470 g/mol. The Morgan fingerprint density at radius 2 is 1.61 bits per heavy atom. The van der Waals surface area contributed by atoms with Crippen LogP contribution in [0.1, 0.15) is 25.5 Å². The Bertz CT molecular complexity index is 1040. The SMILES string of the molecule is COc1ccc(OC)c([C@H](C)NC(=O)[C@@H](C)N(c2cc(Cl)ccc2OC)S(C)(=O)=O)c1. The Hall–Kier alpha value is -2.65. The van der Waals surface area contributed by atoms with Crippen LogP contribution < -0.4 is 23.8 Å². The third-order valence-corrected chi connectivity index (χ3v) is 6.19. The molecule has 170 valence electrons. The zero-order valence-corrected chi connectivity index (χ0v) is 19.9. The van der Waals surface area contributed by atoms with Gasteiger partial charge in [-0.3, -0.25) is 9.10 Å². The molecule has 0 spiro atoms. The van der Waals surface area contributed by atoms with E-state index in [0.29, 0.717) is 22.1 Å². The summed E-state index contributed by atoms with van der Waals surface area (Å²) in [5, 5.41) is 3.15. The summed E-state index contributed by atoms with van der Waals surface area (Å²) in [4.78, 5) is 13.1. The number of halogens is 1. The lowest BCUT2D eigenvalue weighted by Gasteiger charge is -2.30. The Labute approximate surface area is 188 Å². The van der Waals surface area contributed by atoms with Crippen molar-refractivity contribution in [2.24, 2.45) is 0 Å². The Morgan fingerprint density at radius 1 is 1.00 bits per heavy atom. The molecule has 2 aromatic carbocycles. The average molecular weight is 471 g/mol. The van der Waals surface area contributed by atoms with Gasteiger partial charge in [-0.25, -0.2) is 8.42 Å². The highest BCUT2D eigenvalue weighted by molar-refractivity contribution is 7.92. The molecule has 2 atom stereocenters. The van der Waals surface area contributed by atoms with Crippen molar-refractivity contribution >= 4 is 33.2 Å². The molecule has 0 aliphatic rings. The number of hydrogen-bond donors (Lipinski definition) is 1. The highest BCUT2D eigenvalue weighted by Gasteiger charge is 2.32. The van der Waals surface area contributed by atoms with Gasteiger partial charge in [-0.2, -0.15) is 0 Å². The van der Waals surface area contributed by atoms with Gasteiger partial charge in [0.15, 0.2) is 0 Å². The average Bonchev–Trinajstić information content (AvgIpc) is 2.72. The van der Waals surface area contributed by atoms with Crippen LogP contribution in [-0.2, 0) is 14.8 Å². The topological polar surface area (TPSA) is 94.2 Å². The normalized spacial score (nSPS) is 13.1. The molecule has 31 heavy (non-hydrogen) atoms. The van der Waals surface area contributed by atoms with E-state index in [0.717, 1.165) is 10.6 Å². The van der Waals surface area contributed by atoms with E-state index < -0.39 is 28.0 Å². The number of anilines is 1. The minimum absolute atomic E-state index is 0.173. The molecule has 10 heteroatoms. The summed E-state index contributed by atoms with van der Waals surface area (Å²) >= 11 is 6.08. The number of nitrogens with one attached hydrogen (secondary N) is 1. The first-order valence-corrected chi connectivity index (χ1v) is 11.6. The number of carbonyl (C=O) groups excluding carboxylic acids is 1. The molecule has 0 aliphatic heterocycles. The molecule has 0 unspecified atom stereocenters. The summed E-state index contributed by atoms with van der Waals surface area (Å²) in [7, 11) is 0.633. The summed E-state index contributed by atoms with van der Waals surface area (Å²) in [6, 6.07) is 8.24. The van der Waals surface area contributed by atoms with Crippen molar-refractivity contribution in [1.29, 1.82) is 0 Å². The van der Waals surface area contributed by atoms with Crippen LogP contribution in [0.3, 0.4) is 0 Å². The summed E-state index contributed by atoms with van der Waals surface area (Å²) < 4.78 is 42.1. The minimum Gasteiger partial charge on any atom is -0.497 e. The predicted octanol–water partition coefficient (Wildman–Crippen LogP) is 3.40. The van der Waals surface area contributed by atoms with E-state index in [4.69, 9.17) is 25.8 Å². The van der Waals surface area contributed by atoms with Gasteiger partial charge in [0.1, 0.15) is 23.3 Å². The fraction of sp³-hybridized carbons (Fsp3) is 0.381. The lowest BCUT2D eigenvalue weighted by atomic mass is 10.1. The van der Waals surface area contributed by atoms with Gasteiger partial charge in [0.05, 0.1) is 39.3 Å². The van der Waals surface area contributed by atoms with Gasteiger partial charge in [0, 0.05) is 10.6 Å². The Balaban J connectivity index is 2.38. The second-order valence-electron chi connectivity index (χ2n) is 6.89. The van der Waals surface area contributed by atoms with Crippen LogP contribution >= 0.6 is 11.6 Å². The molecule has 8 nitrogen and oxygen atoms in total. The molecule has 1 amide bonds. The minimum atomic E-state index is -3.85. The molecule has 0 saturated heterocycles. The first kappa shape index (κ1) is 24.6. The second kappa shape index (κ2) is 10.1. The molecule has 2 aromatic rings. The van der Waals surface area contributed by atoms with Gasteiger partial charge < -0.3 is 19.5 Å². The highest BCUT2D eigenvalue weighted by atomic mass is 35.5. The van der Waals surface area contributed by atoms with Crippen molar-refractivity contribution in [3.8, 4) is 17.2 Å². The smallest absolute Gasteiger partial charge is 0.244 e. The lowest BCUT2D eigenvalue weighted by molar-refractivity contribution is -0.122. The number of benzene rings is 2. The van der Waals surface area contributed by atoms with E-state index >= 15 is 0 Å². The van der Waals surface area contributed by atoms with Crippen molar-refractivity contribution in [3.05, 3.63) is 47.0 Å². The summed E-state index contributed by atoms with van der Waals surface area (Å²) in [6.07, 6.45) is 1.02. The zero-order chi connectivity index (χ0) is 23.3. The van der Waals surface area contributed by atoms with Gasteiger partial charge in [-0.15, -0.1) is 0 Å². The van der Waals surface area contributed by atoms with Crippen LogP contribution in [0.5, 0.6) is 17.2 Å². The number of carbonyl (C=O) groups is 1. The number of sulfonamides is 1. The molecule has 0 fully saturated rings. The summed E-state index contributed by atoms with van der Waals surface area (Å²) in [5.74, 6) is 0.936. The van der Waals surface area contributed by atoms with Gasteiger partial charge in [-0.1, -0.05) is 11.6 Å². The van der Waals surface area contributed by atoms with E-state index in [1.807, 2.05) is 0 Å². The number of nitrogens with zero attached hydrogens (tertiary/aromatic N) is 1. The van der Waals surface area contributed by atoms with Crippen molar-refractivity contribution in [1.82, 2.24) is 5.32 Å². The molecule has 2 rings (SSSR count). The second-order valence-corrected chi connectivity index (χ2v) is 9.18. The molecule has 1 N–H and O–H groups in total. The predicted molar refractivity (Wildman–Crippen MR) is 121 cm³/mol. The number of ether oxygens (including phenoxy) is 3. The van der Waals surface area contributed by atoms with Crippen LogP contribution in [0.2, 0.25) is 5.02 Å². The van der Waals surface area contributed by atoms with Crippen LogP contribution in [0, 0.1) is 0 Å². The number of methoxy groups -OCH3 is 3. The van der Waals surface area contributed by atoms with Crippen molar-refractivity contribution in [3.63, 3.8) is 0 Å². The maximum atomic E-state index is 13.1. The third-order valence-electron chi connectivity index (χ3n) is 4.73. The molecular formula is C21H27ClN2O6S. The van der Waals surface area contributed by atoms with E-state index in [9.17, 15) is 13.2 Å². The quantitative estimate of drug-likeness (QED) is 0.603. The van der Waals surface area contributed by atoms with Crippen molar-refractivity contribution in [2.75, 3.05) is 31.9 Å². The van der Waals surface area contributed by atoms with Crippen LogP contribution in [-0.4, -0.2) is 48.0 Å². The van der Waals surface area contributed by atoms with Crippen LogP contribution in [0.4, 0.5) is 5.69 Å². The molecule has 0 aliphatic carbocycles. The summed E-state index contributed by atoms with van der Waals surface area (Å²) in [5.41, 5.74) is 0.861. The fourth-order valence-electron chi connectivity index (χ4n) is 3.21. The molecular weight excluding hydrogens is 444 g/mol. The first-order chi connectivity index (χ1) is 14.5. The van der Waals surface area contributed by atoms with Gasteiger partial charge >= 0.3 is 0 Å². The van der Waals surface area contributed by atoms with Crippen molar-refractivity contribution < 1.29 is 27.4 Å². The maximum Gasteiger partial charge on any atom is 0.244 e. The Kier molecular flexibility index (Phi) is 8.02. The van der Waals surface area contributed by atoms with Gasteiger partial charge in [0.25, 0.3) is 0 Å². The number of amides is 1. The van der Waals surface area contributed by atoms with Crippen molar-refractivity contribution in [2.45, 2.75) is 25.9 Å². The number of rotatable bonds is 9. The molecule has 0 heterocycles. The molecule has 0 saturated carbocycles. The van der Waals surface area contributed by atoms with E-state index in [1.165, 1.54) is 27.2 Å². The van der Waals surface area contributed by atoms with E-state index in [-0.39, 0.29) is 11.4 Å². The third kappa shape index (κ3) is 5.74. The maximum absolute atomic E-state index is 13.1. The summed E-state index contributed by atoms with van der Waals surface area (Å²) in [6.45, 7) is 3.26. The standard InChI is InChI=1S/C21H27ClN2O6S/c1-13(17-12-16(28-3)8-10-19(17)29-4)23-21(25)14(2)24(31(6,26)27)18-11-15(22)7-9-20(18)30-5/h7-14H,1-6H3,(H,23,25)/t13-,14+/m0/s1. The zero-order valence-electron chi connectivity index (χ0n) is 18.3. The molecule has 0 radical (unpaired) electrons. The van der Waals surface area contributed by atoms with E-state index in [1.54, 1.807) is 44.4 Å². The van der Waals surface area contributed by atoms with Crippen LogP contribution in [0.15, 0.2) is 36.4 Å². The number of hydrogen-bond acceptors (Lipinski definition) is 6. The fourth-order valence-corrected chi connectivity index (χ4v) is 4.54. The lowest BCUT2D eigenvalue weighted by Crippen LogP contribution is -2.48. The first-order valence-electron chi connectivity index (χ1n) is 9.38. The highest BCUT2D eigenvalue weighted by Crippen LogP contribution is 2.35.